The molecule has 1 aromatic heterocycles. The maximum absolute atomic E-state index is 12.2. The number of anilines is 1. The Labute approximate surface area is 143 Å². The van der Waals surface area contributed by atoms with Crippen molar-refractivity contribution in [2.45, 2.75) is 20.0 Å². The van der Waals surface area contributed by atoms with Gasteiger partial charge in [0.2, 0.25) is 0 Å². The lowest BCUT2D eigenvalue weighted by atomic mass is 10.2. The van der Waals surface area contributed by atoms with Crippen molar-refractivity contribution in [1.29, 1.82) is 0 Å². The van der Waals surface area contributed by atoms with Crippen LogP contribution in [0.25, 0.3) is 10.2 Å². The Morgan fingerprint density at radius 1 is 1.17 bits per heavy atom. The fraction of sp³-hybridized carbons (Fsp3) is 0.167. The summed E-state index contributed by atoms with van der Waals surface area (Å²) in [6, 6.07) is 12.5. The van der Waals surface area contributed by atoms with Crippen molar-refractivity contribution >= 4 is 39.1 Å². The normalized spacial score (nSPS) is 11.9. The van der Waals surface area contributed by atoms with Gasteiger partial charge in [0.1, 0.15) is 0 Å². The minimum absolute atomic E-state index is 0.369. The largest absolute Gasteiger partial charge is 0.449 e. The van der Waals surface area contributed by atoms with Crippen molar-refractivity contribution in [3.05, 3.63) is 59.1 Å². The van der Waals surface area contributed by atoms with Crippen LogP contribution >= 0.6 is 11.3 Å². The molecule has 0 aliphatic rings. The fourth-order valence-corrected chi connectivity index (χ4v) is 2.86. The van der Waals surface area contributed by atoms with E-state index in [1.807, 2.05) is 19.1 Å². The summed E-state index contributed by atoms with van der Waals surface area (Å²) in [6.07, 6.45) is -0.893. The van der Waals surface area contributed by atoms with Crippen LogP contribution in [0.5, 0.6) is 0 Å². The summed E-state index contributed by atoms with van der Waals surface area (Å²) in [5.41, 5.74) is 4.73. The van der Waals surface area contributed by atoms with Crippen LogP contribution in [0.2, 0.25) is 0 Å². The summed E-state index contributed by atoms with van der Waals surface area (Å²) in [5, 5.41) is 2.73. The van der Waals surface area contributed by atoms with Crippen molar-refractivity contribution in [1.82, 2.24) is 4.98 Å². The summed E-state index contributed by atoms with van der Waals surface area (Å²) < 4.78 is 6.16. The molecule has 0 fully saturated rings. The second kappa shape index (κ2) is 6.80. The number of thiazole rings is 1. The van der Waals surface area contributed by atoms with Crippen LogP contribution in [-0.4, -0.2) is 23.0 Å². The van der Waals surface area contributed by atoms with Crippen LogP contribution < -0.4 is 5.32 Å². The molecule has 1 atom stereocenters. The highest BCUT2D eigenvalue weighted by Crippen LogP contribution is 2.20. The van der Waals surface area contributed by atoms with Crippen molar-refractivity contribution in [2.75, 3.05) is 5.32 Å². The van der Waals surface area contributed by atoms with Crippen LogP contribution in [0.4, 0.5) is 5.69 Å². The van der Waals surface area contributed by atoms with Gasteiger partial charge < -0.3 is 10.1 Å². The average molecular weight is 340 g/mol. The molecule has 0 saturated heterocycles. The second-order valence-electron chi connectivity index (χ2n) is 5.44. The van der Waals surface area contributed by atoms with Gasteiger partial charge in [0, 0.05) is 5.69 Å². The van der Waals surface area contributed by atoms with Crippen molar-refractivity contribution < 1.29 is 14.3 Å². The van der Waals surface area contributed by atoms with E-state index in [0.717, 1.165) is 15.8 Å². The molecule has 6 heteroatoms. The molecule has 1 heterocycles. The first-order valence-corrected chi connectivity index (χ1v) is 8.32. The highest BCUT2D eigenvalue weighted by atomic mass is 32.1. The second-order valence-corrected chi connectivity index (χ2v) is 6.32. The van der Waals surface area contributed by atoms with Crippen molar-refractivity contribution in [2.24, 2.45) is 0 Å². The van der Waals surface area contributed by atoms with E-state index in [-0.39, 0.29) is 5.91 Å². The summed E-state index contributed by atoms with van der Waals surface area (Å²) >= 11 is 1.45. The minimum Gasteiger partial charge on any atom is -0.449 e. The molecule has 2 aromatic carbocycles. The predicted octanol–water partition coefficient (Wildman–Crippen LogP) is 3.79. The Kier molecular flexibility index (Phi) is 4.57. The van der Waals surface area contributed by atoms with Crippen LogP contribution in [0.15, 0.2) is 48.0 Å². The SMILES string of the molecule is Cc1ccc(NC(=O)[C@H](C)OC(=O)c2ccc3ncsc3c2)cc1. The quantitative estimate of drug-likeness (QED) is 0.734. The Bertz CT molecular complexity index is 887. The number of hydrogen-bond donors (Lipinski definition) is 1. The molecule has 0 aliphatic carbocycles. The molecule has 0 bridgehead atoms. The molecule has 3 rings (SSSR count). The number of carbonyl (C=O) groups excluding carboxylic acids is 2. The molecule has 1 N–H and O–H groups in total. The van der Waals surface area contributed by atoms with Gasteiger partial charge in [-0.3, -0.25) is 4.79 Å². The highest BCUT2D eigenvalue weighted by Gasteiger charge is 2.19. The first-order valence-electron chi connectivity index (χ1n) is 7.45. The van der Waals surface area contributed by atoms with E-state index >= 15 is 0 Å². The number of esters is 1. The molecular formula is C18H16N2O3S. The maximum atomic E-state index is 12.2. The molecule has 24 heavy (non-hydrogen) atoms. The number of amides is 1. The predicted molar refractivity (Wildman–Crippen MR) is 94.3 cm³/mol. The molecule has 0 aliphatic heterocycles. The van der Waals surface area contributed by atoms with Crippen LogP contribution in [0.3, 0.4) is 0 Å². The highest BCUT2D eigenvalue weighted by molar-refractivity contribution is 7.16. The number of ether oxygens (including phenoxy) is 1. The summed E-state index contributed by atoms with van der Waals surface area (Å²) in [4.78, 5) is 28.5. The molecule has 3 aromatic rings. The molecule has 5 nitrogen and oxygen atoms in total. The Hall–Kier alpha value is -2.73. The van der Waals surface area contributed by atoms with Crippen LogP contribution in [-0.2, 0) is 9.53 Å². The van der Waals surface area contributed by atoms with Crippen molar-refractivity contribution in [3.8, 4) is 0 Å². The zero-order valence-corrected chi connectivity index (χ0v) is 14.1. The standard InChI is InChI=1S/C18H16N2O3S/c1-11-3-6-14(7-4-11)20-17(21)12(2)23-18(22)13-5-8-15-16(9-13)24-10-19-15/h3-10,12H,1-2H3,(H,20,21)/t12-/m0/s1. The third kappa shape index (κ3) is 3.60. The smallest absolute Gasteiger partial charge is 0.338 e. The Morgan fingerprint density at radius 2 is 1.92 bits per heavy atom. The summed E-state index contributed by atoms with van der Waals surface area (Å²) in [7, 11) is 0. The zero-order valence-electron chi connectivity index (χ0n) is 13.3. The third-order valence-corrected chi connectivity index (χ3v) is 4.33. The van der Waals surface area contributed by atoms with E-state index in [1.165, 1.54) is 11.3 Å². The third-order valence-electron chi connectivity index (χ3n) is 3.54. The number of nitrogens with one attached hydrogen (secondary N) is 1. The number of benzene rings is 2. The Balaban J connectivity index is 1.64. The first-order chi connectivity index (χ1) is 11.5. The molecular weight excluding hydrogens is 324 g/mol. The van der Waals surface area contributed by atoms with Gasteiger partial charge in [-0.15, -0.1) is 11.3 Å². The Morgan fingerprint density at radius 3 is 2.67 bits per heavy atom. The van der Waals surface area contributed by atoms with E-state index in [9.17, 15) is 9.59 Å². The zero-order chi connectivity index (χ0) is 17.1. The number of fused-ring (bicyclic) bond motifs is 1. The van der Waals surface area contributed by atoms with E-state index < -0.39 is 12.1 Å². The van der Waals surface area contributed by atoms with Gasteiger partial charge in [-0.2, -0.15) is 0 Å². The van der Waals surface area contributed by atoms with Gasteiger partial charge in [-0.1, -0.05) is 17.7 Å². The number of aromatic nitrogens is 1. The monoisotopic (exact) mass is 340 g/mol. The van der Waals surface area contributed by atoms with E-state index in [0.29, 0.717) is 11.3 Å². The first kappa shape index (κ1) is 16.1. The molecule has 122 valence electrons. The molecule has 0 saturated carbocycles. The molecule has 0 radical (unpaired) electrons. The molecule has 1 amide bonds. The van der Waals surface area contributed by atoms with Crippen molar-refractivity contribution in [3.63, 3.8) is 0 Å². The summed E-state index contributed by atoms with van der Waals surface area (Å²) in [5.74, 6) is -0.900. The van der Waals surface area contributed by atoms with Crippen LogP contribution in [0, 0.1) is 6.92 Å². The van der Waals surface area contributed by atoms with E-state index in [1.54, 1.807) is 42.8 Å². The number of hydrogen-bond acceptors (Lipinski definition) is 5. The maximum Gasteiger partial charge on any atom is 0.338 e. The number of aryl methyl sites for hydroxylation is 1. The van der Waals surface area contributed by atoms with E-state index in [4.69, 9.17) is 4.74 Å². The van der Waals surface area contributed by atoms with Gasteiger partial charge in [-0.25, -0.2) is 9.78 Å². The number of nitrogens with zero attached hydrogens (tertiary/aromatic N) is 1. The topological polar surface area (TPSA) is 68.3 Å². The van der Waals surface area contributed by atoms with Gasteiger partial charge in [-0.05, 0) is 44.2 Å². The lowest BCUT2D eigenvalue weighted by molar-refractivity contribution is -0.123. The number of carbonyl (C=O) groups is 2. The van der Waals surface area contributed by atoms with Gasteiger partial charge in [0.15, 0.2) is 6.10 Å². The average Bonchev–Trinajstić information content (AvgIpc) is 3.04. The van der Waals surface area contributed by atoms with Gasteiger partial charge in [0.05, 0.1) is 21.3 Å². The van der Waals surface area contributed by atoms with E-state index in [2.05, 4.69) is 10.3 Å². The minimum atomic E-state index is -0.893. The summed E-state index contributed by atoms with van der Waals surface area (Å²) in [6.45, 7) is 3.52. The lowest BCUT2D eigenvalue weighted by Gasteiger charge is -2.13. The van der Waals surface area contributed by atoms with Crippen LogP contribution in [0.1, 0.15) is 22.8 Å². The fourth-order valence-electron chi connectivity index (χ4n) is 2.14. The molecule has 0 unspecified atom stereocenters. The molecule has 0 spiro atoms. The lowest BCUT2D eigenvalue weighted by Crippen LogP contribution is -2.30. The number of rotatable bonds is 4. The van der Waals surface area contributed by atoms with Gasteiger partial charge >= 0.3 is 5.97 Å². The van der Waals surface area contributed by atoms with Gasteiger partial charge in [0.25, 0.3) is 5.91 Å².